The summed E-state index contributed by atoms with van der Waals surface area (Å²) in [6.07, 6.45) is 0. The molecule has 0 amide bonds. The van der Waals surface area contributed by atoms with Gasteiger partial charge in [-0.2, -0.15) is 0 Å². The molecule has 21 heavy (non-hydrogen) atoms. The zero-order valence-corrected chi connectivity index (χ0v) is 13.5. The van der Waals surface area contributed by atoms with Crippen LogP contribution in [0.5, 0.6) is 0 Å². The van der Waals surface area contributed by atoms with Crippen molar-refractivity contribution in [3.8, 4) is 11.1 Å². The Morgan fingerprint density at radius 1 is 1.33 bits per heavy atom. The predicted octanol–water partition coefficient (Wildman–Crippen LogP) is 1.66. The molecule has 0 aliphatic rings. The van der Waals surface area contributed by atoms with Gasteiger partial charge in [-0.05, 0) is 24.6 Å². The molecule has 0 N–H and O–H groups in total. The van der Waals surface area contributed by atoms with E-state index in [1.807, 2.05) is 13.8 Å². The number of carbonyl (C=O) groups excluding carboxylic acids is 1. The number of hydrogen-bond donors (Lipinski definition) is 0. The molecule has 1 aromatic heterocycles. The normalized spacial score (nSPS) is 10.3. The average molecular weight is 298 g/mol. The van der Waals surface area contributed by atoms with E-state index >= 15 is 0 Å². The largest absolute Gasteiger partial charge is 1.00 e. The van der Waals surface area contributed by atoms with Gasteiger partial charge in [-0.15, -0.1) is 5.56 Å². The number of carbonyl (C=O) groups is 1. The Labute approximate surface area is 140 Å². The molecule has 5 heteroatoms. The molecular formula is C16H16FLiO2S. The Morgan fingerprint density at radius 2 is 1.95 bits per heavy atom. The summed E-state index contributed by atoms with van der Waals surface area (Å²) in [7, 11) is 0. The third-order valence-electron chi connectivity index (χ3n) is 2.90. The van der Waals surface area contributed by atoms with E-state index in [-0.39, 0.29) is 36.6 Å². The van der Waals surface area contributed by atoms with Crippen LogP contribution in [0.3, 0.4) is 0 Å². The number of halogens is 1. The third-order valence-corrected chi connectivity index (χ3v) is 4.10. The molecule has 2 nitrogen and oxygen atoms in total. The van der Waals surface area contributed by atoms with Crippen molar-refractivity contribution in [2.75, 3.05) is 6.61 Å². The van der Waals surface area contributed by atoms with Gasteiger partial charge in [0, 0.05) is 0 Å². The van der Waals surface area contributed by atoms with E-state index in [9.17, 15) is 9.18 Å². The number of hydrogen-bond acceptors (Lipinski definition) is 3. The minimum absolute atomic E-state index is 0. The van der Waals surface area contributed by atoms with Crippen LogP contribution < -0.4 is 18.9 Å². The molecule has 0 spiro atoms. The van der Waals surface area contributed by atoms with E-state index in [2.05, 4.69) is 5.38 Å². The van der Waals surface area contributed by atoms with E-state index in [0.29, 0.717) is 17.7 Å². The number of esters is 1. The van der Waals surface area contributed by atoms with Gasteiger partial charge in [-0.1, -0.05) is 47.7 Å². The van der Waals surface area contributed by atoms with Crippen LogP contribution in [-0.4, -0.2) is 12.6 Å². The van der Waals surface area contributed by atoms with Crippen molar-refractivity contribution in [1.29, 1.82) is 0 Å². The van der Waals surface area contributed by atoms with E-state index < -0.39 is 0 Å². The predicted molar refractivity (Wildman–Crippen MR) is 78.6 cm³/mol. The minimum atomic E-state index is -0.340. The Morgan fingerprint density at radius 3 is 2.48 bits per heavy atom. The third kappa shape index (κ3) is 3.97. The molecule has 0 radical (unpaired) electrons. The second-order valence-electron chi connectivity index (χ2n) is 4.70. The molecule has 2 rings (SSSR count). The quantitative estimate of drug-likeness (QED) is 0.487. The maximum atomic E-state index is 13.0. The smallest absolute Gasteiger partial charge is 0.470 e. The Bertz CT molecular complexity index is 605. The van der Waals surface area contributed by atoms with Crippen molar-refractivity contribution in [2.45, 2.75) is 26.7 Å². The fraction of sp³-hybridized carbons (Fsp3) is 0.312. The van der Waals surface area contributed by atoms with Gasteiger partial charge in [0.1, 0.15) is 5.82 Å². The van der Waals surface area contributed by atoms with Gasteiger partial charge in [-0.25, -0.2) is 4.39 Å². The zero-order chi connectivity index (χ0) is 14.7. The van der Waals surface area contributed by atoms with Gasteiger partial charge in [0.15, 0.2) is 0 Å². The molecule has 0 saturated carbocycles. The summed E-state index contributed by atoms with van der Waals surface area (Å²) in [6, 6.07) is 6.07. The van der Waals surface area contributed by atoms with Crippen LogP contribution in [-0.2, 0) is 4.74 Å². The minimum Gasteiger partial charge on any atom is -0.470 e. The van der Waals surface area contributed by atoms with Crippen LogP contribution in [0.2, 0.25) is 0 Å². The van der Waals surface area contributed by atoms with Crippen LogP contribution in [0, 0.1) is 11.2 Å². The van der Waals surface area contributed by atoms with E-state index in [1.54, 1.807) is 19.1 Å². The van der Waals surface area contributed by atoms with Crippen molar-refractivity contribution >= 4 is 17.3 Å². The van der Waals surface area contributed by atoms with E-state index in [1.165, 1.54) is 23.5 Å². The van der Waals surface area contributed by atoms with Crippen molar-refractivity contribution in [3.63, 3.8) is 0 Å². The standard InChI is InChI=1S/C16H16FO2S.Li/c1-4-19-16(18)14-13(9-20-15(14)10(2)3)11-5-7-12(17)8-6-11;/h5-8,10H,4H2,1-3H3;/q-1;+1. The Kier molecular flexibility index (Phi) is 6.67. The fourth-order valence-electron chi connectivity index (χ4n) is 1.96. The van der Waals surface area contributed by atoms with Crippen LogP contribution in [0.1, 0.15) is 41.9 Å². The summed E-state index contributed by atoms with van der Waals surface area (Å²) in [5, 5.41) is 3.15. The van der Waals surface area contributed by atoms with E-state index in [0.717, 1.165) is 10.4 Å². The first-order chi connectivity index (χ1) is 9.54. The molecule has 0 saturated heterocycles. The van der Waals surface area contributed by atoms with Crippen molar-refractivity contribution in [1.82, 2.24) is 0 Å². The molecule has 0 fully saturated rings. The first-order valence-electron chi connectivity index (χ1n) is 6.52. The molecule has 1 aromatic carbocycles. The first-order valence-corrected chi connectivity index (χ1v) is 7.33. The monoisotopic (exact) mass is 298 g/mol. The molecule has 0 bridgehead atoms. The molecule has 0 unspecified atom stereocenters. The molecule has 2 aromatic rings. The summed E-state index contributed by atoms with van der Waals surface area (Å²) in [5.74, 6) is -0.427. The molecule has 0 aliphatic heterocycles. The van der Waals surface area contributed by atoms with E-state index in [4.69, 9.17) is 4.74 Å². The molecule has 0 atom stereocenters. The molecule has 0 aliphatic carbocycles. The number of benzene rings is 1. The van der Waals surface area contributed by atoms with Gasteiger partial charge in [0.05, 0.1) is 6.61 Å². The maximum Gasteiger partial charge on any atom is 1.00 e. The van der Waals surface area contributed by atoms with Gasteiger partial charge in [-0.3, -0.25) is 16.1 Å². The number of thiophene rings is 1. The summed E-state index contributed by atoms with van der Waals surface area (Å²) < 4.78 is 18.2. The SMILES string of the molecule is CCOC(=O)c1c(-c2ccc(F)cc2)[c-]sc1C(C)C.[Li+]. The van der Waals surface area contributed by atoms with Gasteiger partial charge < -0.3 is 4.74 Å². The number of rotatable bonds is 4. The van der Waals surface area contributed by atoms with Crippen LogP contribution >= 0.6 is 11.3 Å². The average Bonchev–Trinajstić information content (AvgIpc) is 2.84. The van der Waals surface area contributed by atoms with Crippen LogP contribution in [0.15, 0.2) is 24.3 Å². The summed E-state index contributed by atoms with van der Waals surface area (Å²) >= 11 is 1.42. The second-order valence-corrected chi connectivity index (χ2v) is 5.55. The molecule has 106 valence electrons. The second kappa shape index (κ2) is 7.79. The zero-order valence-electron chi connectivity index (χ0n) is 12.7. The van der Waals surface area contributed by atoms with Gasteiger partial charge in [0.2, 0.25) is 0 Å². The summed E-state index contributed by atoms with van der Waals surface area (Å²) in [5.41, 5.74) is 2.02. The summed E-state index contributed by atoms with van der Waals surface area (Å²) in [4.78, 5) is 13.1. The Balaban J connectivity index is 0.00000220. The van der Waals surface area contributed by atoms with Crippen molar-refractivity contribution in [3.05, 3.63) is 45.9 Å². The summed E-state index contributed by atoms with van der Waals surface area (Å²) in [6.45, 7) is 6.16. The van der Waals surface area contributed by atoms with Crippen molar-refractivity contribution < 1.29 is 32.8 Å². The van der Waals surface area contributed by atoms with Crippen molar-refractivity contribution in [2.24, 2.45) is 0 Å². The van der Waals surface area contributed by atoms with Crippen LogP contribution in [0.4, 0.5) is 4.39 Å². The number of ether oxygens (including phenoxy) is 1. The van der Waals surface area contributed by atoms with Gasteiger partial charge >= 0.3 is 18.9 Å². The fourth-order valence-corrected chi connectivity index (χ4v) is 2.92. The first kappa shape index (κ1) is 18.0. The maximum absolute atomic E-state index is 13.0. The molecule has 1 heterocycles. The molecular weight excluding hydrogens is 282 g/mol. The van der Waals surface area contributed by atoms with Gasteiger partial charge in [0.25, 0.3) is 5.97 Å². The Hall–Kier alpha value is -1.08. The van der Waals surface area contributed by atoms with Crippen LogP contribution in [0.25, 0.3) is 11.1 Å². The topological polar surface area (TPSA) is 26.3 Å².